The van der Waals surface area contributed by atoms with E-state index in [1.54, 1.807) is 31.2 Å². The summed E-state index contributed by atoms with van der Waals surface area (Å²) < 4.78 is 0. The van der Waals surface area contributed by atoms with Crippen LogP contribution in [0.5, 0.6) is 0 Å². The Morgan fingerprint density at radius 3 is 2.48 bits per heavy atom. The minimum atomic E-state index is -0.218. The van der Waals surface area contributed by atoms with Crippen molar-refractivity contribution in [3.05, 3.63) is 24.3 Å². The SMILES string of the molecule is CCC(=O)Nc1cccc(NC(=O)NCC(C)CN2CCCCC2)c1. The summed E-state index contributed by atoms with van der Waals surface area (Å²) in [7, 11) is 0. The second-order valence-electron chi connectivity index (χ2n) is 6.78. The van der Waals surface area contributed by atoms with Gasteiger partial charge in [0, 0.05) is 30.9 Å². The number of carbonyl (C=O) groups is 2. The van der Waals surface area contributed by atoms with Gasteiger partial charge in [0.25, 0.3) is 0 Å². The topological polar surface area (TPSA) is 73.5 Å². The van der Waals surface area contributed by atoms with Crippen molar-refractivity contribution in [1.29, 1.82) is 0 Å². The van der Waals surface area contributed by atoms with Crippen LogP contribution in [-0.2, 0) is 4.79 Å². The number of benzene rings is 1. The van der Waals surface area contributed by atoms with E-state index in [1.807, 2.05) is 0 Å². The van der Waals surface area contributed by atoms with Gasteiger partial charge in [0.05, 0.1) is 0 Å². The van der Waals surface area contributed by atoms with E-state index in [9.17, 15) is 9.59 Å². The molecule has 1 fully saturated rings. The van der Waals surface area contributed by atoms with Crippen LogP contribution < -0.4 is 16.0 Å². The predicted octanol–water partition coefficient (Wildman–Crippen LogP) is 3.28. The Hall–Kier alpha value is -2.08. The summed E-state index contributed by atoms with van der Waals surface area (Å²) in [6, 6.07) is 6.95. The molecule has 1 unspecified atom stereocenters. The first-order valence-electron chi connectivity index (χ1n) is 9.24. The van der Waals surface area contributed by atoms with E-state index in [1.165, 1.54) is 32.4 Å². The van der Waals surface area contributed by atoms with Crippen LogP contribution in [-0.4, -0.2) is 43.0 Å². The third kappa shape index (κ3) is 7.13. The monoisotopic (exact) mass is 346 g/mol. The Kier molecular flexibility index (Phi) is 7.73. The fourth-order valence-electron chi connectivity index (χ4n) is 3.01. The third-order valence-corrected chi connectivity index (χ3v) is 4.35. The molecule has 1 heterocycles. The maximum atomic E-state index is 12.1. The summed E-state index contributed by atoms with van der Waals surface area (Å²) in [5.41, 5.74) is 1.35. The molecule has 25 heavy (non-hydrogen) atoms. The quantitative estimate of drug-likeness (QED) is 0.709. The second kappa shape index (κ2) is 10.0. The van der Waals surface area contributed by atoms with Gasteiger partial charge in [-0.2, -0.15) is 0 Å². The van der Waals surface area contributed by atoms with Gasteiger partial charge in [0.2, 0.25) is 5.91 Å². The summed E-state index contributed by atoms with van der Waals surface area (Å²) in [6.45, 7) is 7.98. The Morgan fingerprint density at radius 2 is 1.80 bits per heavy atom. The van der Waals surface area contributed by atoms with E-state index in [0.717, 1.165) is 6.54 Å². The van der Waals surface area contributed by atoms with E-state index in [2.05, 4.69) is 27.8 Å². The Morgan fingerprint density at radius 1 is 1.12 bits per heavy atom. The van der Waals surface area contributed by atoms with Crippen LogP contribution in [0.4, 0.5) is 16.2 Å². The lowest BCUT2D eigenvalue weighted by atomic mass is 10.1. The third-order valence-electron chi connectivity index (χ3n) is 4.35. The van der Waals surface area contributed by atoms with Crippen LogP contribution in [0, 0.1) is 5.92 Å². The first-order valence-corrected chi connectivity index (χ1v) is 9.24. The molecular weight excluding hydrogens is 316 g/mol. The van der Waals surface area contributed by atoms with E-state index in [4.69, 9.17) is 0 Å². The van der Waals surface area contributed by atoms with Crippen molar-refractivity contribution in [2.24, 2.45) is 5.92 Å². The van der Waals surface area contributed by atoms with Gasteiger partial charge in [-0.05, 0) is 50.0 Å². The Bertz CT molecular complexity index is 570. The van der Waals surface area contributed by atoms with Gasteiger partial charge < -0.3 is 20.9 Å². The number of hydrogen-bond donors (Lipinski definition) is 3. The zero-order chi connectivity index (χ0) is 18.1. The fraction of sp³-hybridized carbons (Fsp3) is 0.579. The molecule has 3 amide bonds. The number of amides is 3. The summed E-state index contributed by atoms with van der Waals surface area (Å²) in [5, 5.41) is 8.53. The van der Waals surface area contributed by atoms with Gasteiger partial charge in [0.1, 0.15) is 0 Å². The van der Waals surface area contributed by atoms with Crippen LogP contribution in [0.1, 0.15) is 39.5 Å². The molecule has 1 atom stereocenters. The molecule has 2 rings (SSSR count). The highest BCUT2D eigenvalue weighted by molar-refractivity contribution is 5.93. The average Bonchev–Trinajstić information content (AvgIpc) is 2.61. The van der Waals surface area contributed by atoms with Gasteiger partial charge in [-0.1, -0.05) is 26.3 Å². The molecule has 0 saturated carbocycles. The smallest absolute Gasteiger partial charge is 0.319 e. The Labute approximate surface area is 150 Å². The molecule has 138 valence electrons. The van der Waals surface area contributed by atoms with E-state index in [-0.39, 0.29) is 11.9 Å². The van der Waals surface area contributed by atoms with Crippen molar-refractivity contribution < 1.29 is 9.59 Å². The zero-order valence-electron chi connectivity index (χ0n) is 15.3. The van der Waals surface area contributed by atoms with Gasteiger partial charge in [-0.25, -0.2) is 4.79 Å². The zero-order valence-corrected chi connectivity index (χ0v) is 15.3. The second-order valence-corrected chi connectivity index (χ2v) is 6.78. The number of urea groups is 1. The molecule has 1 aliphatic heterocycles. The fourth-order valence-corrected chi connectivity index (χ4v) is 3.01. The maximum absolute atomic E-state index is 12.1. The van der Waals surface area contributed by atoms with Gasteiger partial charge in [-0.15, -0.1) is 0 Å². The van der Waals surface area contributed by atoms with E-state index in [0.29, 0.717) is 30.3 Å². The number of anilines is 2. The van der Waals surface area contributed by atoms with Crippen molar-refractivity contribution in [1.82, 2.24) is 10.2 Å². The molecular formula is C19H30N4O2. The summed E-state index contributed by atoms with van der Waals surface area (Å²) in [5.74, 6) is 0.368. The number of likely N-dealkylation sites (tertiary alicyclic amines) is 1. The van der Waals surface area contributed by atoms with Crippen LogP contribution in [0.25, 0.3) is 0 Å². The maximum Gasteiger partial charge on any atom is 0.319 e. The highest BCUT2D eigenvalue weighted by Gasteiger charge is 2.14. The highest BCUT2D eigenvalue weighted by Crippen LogP contribution is 2.15. The molecule has 6 nitrogen and oxygen atoms in total. The van der Waals surface area contributed by atoms with Crippen molar-refractivity contribution in [3.63, 3.8) is 0 Å². The molecule has 1 aromatic rings. The van der Waals surface area contributed by atoms with Crippen molar-refractivity contribution in [3.8, 4) is 0 Å². The van der Waals surface area contributed by atoms with Crippen LogP contribution in [0.3, 0.4) is 0 Å². The van der Waals surface area contributed by atoms with Crippen molar-refractivity contribution >= 4 is 23.3 Å². The molecule has 3 N–H and O–H groups in total. The molecule has 6 heteroatoms. The Balaban J connectivity index is 1.74. The first kappa shape index (κ1) is 19.2. The number of carbonyl (C=O) groups excluding carboxylic acids is 2. The molecule has 1 saturated heterocycles. The summed E-state index contributed by atoms with van der Waals surface area (Å²) in [4.78, 5) is 26.0. The van der Waals surface area contributed by atoms with Crippen LogP contribution in [0.2, 0.25) is 0 Å². The lowest BCUT2D eigenvalue weighted by molar-refractivity contribution is -0.115. The number of rotatable bonds is 7. The van der Waals surface area contributed by atoms with Crippen LogP contribution in [0.15, 0.2) is 24.3 Å². The molecule has 1 aliphatic rings. The first-order chi connectivity index (χ1) is 12.1. The summed E-state index contributed by atoms with van der Waals surface area (Å²) >= 11 is 0. The number of nitrogens with one attached hydrogen (secondary N) is 3. The van der Waals surface area contributed by atoms with Gasteiger partial charge in [-0.3, -0.25) is 4.79 Å². The highest BCUT2D eigenvalue weighted by atomic mass is 16.2. The molecule has 0 radical (unpaired) electrons. The molecule has 1 aromatic carbocycles. The number of piperidine rings is 1. The predicted molar refractivity (Wildman–Crippen MR) is 102 cm³/mol. The van der Waals surface area contributed by atoms with Crippen molar-refractivity contribution in [2.45, 2.75) is 39.5 Å². The summed E-state index contributed by atoms with van der Waals surface area (Å²) in [6.07, 6.45) is 4.33. The minimum absolute atomic E-state index is 0.0480. The standard InChI is InChI=1S/C19H30N4O2/c1-3-18(24)21-16-8-7-9-17(12-16)22-19(25)20-13-15(2)14-23-10-5-4-6-11-23/h7-9,12,15H,3-6,10-11,13-14H2,1-2H3,(H,21,24)(H2,20,22,25). The molecule has 0 aliphatic carbocycles. The molecule has 0 bridgehead atoms. The lowest BCUT2D eigenvalue weighted by Crippen LogP contribution is -2.39. The van der Waals surface area contributed by atoms with E-state index >= 15 is 0 Å². The van der Waals surface area contributed by atoms with Crippen molar-refractivity contribution in [2.75, 3.05) is 36.8 Å². The molecule has 0 spiro atoms. The minimum Gasteiger partial charge on any atom is -0.338 e. The number of hydrogen-bond acceptors (Lipinski definition) is 3. The largest absolute Gasteiger partial charge is 0.338 e. The lowest BCUT2D eigenvalue weighted by Gasteiger charge is -2.29. The van der Waals surface area contributed by atoms with E-state index < -0.39 is 0 Å². The average molecular weight is 346 g/mol. The van der Waals surface area contributed by atoms with Gasteiger partial charge >= 0.3 is 6.03 Å². The normalized spacial score (nSPS) is 16.1. The van der Waals surface area contributed by atoms with Crippen LogP contribution >= 0.6 is 0 Å². The molecule has 0 aromatic heterocycles. The number of nitrogens with zero attached hydrogens (tertiary/aromatic N) is 1. The van der Waals surface area contributed by atoms with Gasteiger partial charge in [0.15, 0.2) is 0 Å².